The van der Waals surface area contributed by atoms with Crippen molar-refractivity contribution in [3.63, 3.8) is 0 Å². The number of halogens is 1. The highest BCUT2D eigenvalue weighted by Gasteiger charge is 2.43. The maximum atomic E-state index is 12.4. The molecular formula is C40H48B3ClN6O5. The van der Waals surface area contributed by atoms with E-state index in [1.807, 2.05) is 33.5 Å². The Bertz CT molecular complexity index is 1830. The number of piperidine rings is 2. The van der Waals surface area contributed by atoms with Crippen LogP contribution in [-0.2, 0) is 36.1 Å². The van der Waals surface area contributed by atoms with Gasteiger partial charge in [0.05, 0.1) is 11.4 Å². The van der Waals surface area contributed by atoms with Gasteiger partial charge in [-0.15, -0.1) is 0 Å². The first kappa shape index (κ1) is 39.3. The molecule has 0 amide bonds. The monoisotopic (exact) mass is 760 g/mol. The highest BCUT2D eigenvalue weighted by atomic mass is 35.5. The van der Waals surface area contributed by atoms with E-state index < -0.39 is 0 Å². The molecule has 9 rings (SSSR count). The van der Waals surface area contributed by atoms with E-state index >= 15 is 0 Å². The van der Waals surface area contributed by atoms with Crippen LogP contribution in [0.15, 0.2) is 35.7 Å². The number of Topliss-reactive ketones (excluding diaryl/α,β-unsaturated/α-hetero) is 2. The van der Waals surface area contributed by atoms with E-state index in [2.05, 4.69) is 31.9 Å². The smallest absolute Gasteiger partial charge is 0.426 e. The van der Waals surface area contributed by atoms with Crippen molar-refractivity contribution >= 4 is 55.9 Å². The molecule has 0 radical (unpaired) electrons. The second kappa shape index (κ2) is 16.3. The molecular weight excluding hydrogens is 712 g/mol. The van der Waals surface area contributed by atoms with Crippen molar-refractivity contribution in [1.29, 1.82) is 10.5 Å². The number of fused-ring (bicyclic) bond motifs is 2. The van der Waals surface area contributed by atoms with Crippen LogP contribution in [0.25, 0.3) is 11.4 Å². The number of ketones is 2. The minimum absolute atomic E-state index is 0.0652. The van der Waals surface area contributed by atoms with Gasteiger partial charge in [-0.05, 0) is 113 Å². The molecule has 55 heavy (non-hydrogen) atoms. The lowest BCUT2D eigenvalue weighted by Gasteiger charge is -2.49. The molecule has 5 fully saturated rings. The normalized spacial score (nSPS) is 22.3. The summed E-state index contributed by atoms with van der Waals surface area (Å²) in [6.07, 6.45) is 16.7. The van der Waals surface area contributed by atoms with Crippen molar-refractivity contribution in [2.45, 2.75) is 104 Å². The van der Waals surface area contributed by atoms with E-state index in [0.29, 0.717) is 28.0 Å². The van der Waals surface area contributed by atoms with Gasteiger partial charge in [-0.1, -0.05) is 24.4 Å². The highest BCUT2D eigenvalue weighted by Crippen LogP contribution is 2.51. The Morgan fingerprint density at radius 3 is 1.45 bits per heavy atom. The van der Waals surface area contributed by atoms with Crippen molar-refractivity contribution in [3.05, 3.63) is 68.8 Å². The number of likely N-dealkylation sites (tertiary alicyclic amines) is 2. The lowest BCUT2D eigenvalue weighted by molar-refractivity contribution is -0.115. The van der Waals surface area contributed by atoms with Crippen molar-refractivity contribution in [2.24, 2.45) is 10.8 Å². The summed E-state index contributed by atoms with van der Waals surface area (Å²) in [4.78, 5) is 37.6. The molecule has 0 N–H and O–H groups in total. The van der Waals surface area contributed by atoms with Gasteiger partial charge in [0, 0.05) is 68.2 Å². The molecule has 0 atom stereocenters. The number of nitrogens with zero attached hydrogens (tertiary/aromatic N) is 6. The standard InChI is InChI=1S/C19H21N3O.C18H18ClN3O.C3H9B3O3/c1-13-9-15-14(12-21-13)10-17(23)16(11-20)18(15)22-7-5-19(6-8-22)3-2-4-19;19-16-9-13-12(11-21-16)8-15(23)14(10-20)17(13)22-6-4-18(5-7-22)2-1-3-18;1-4-7-5(2)9-6(3)8-4/h9,12H,2-8,10H2,1H3;9,11H,1-8H2;1-3H3. The Kier molecular flexibility index (Phi) is 11.6. The average molecular weight is 761 g/mol. The number of carbonyl (C=O) groups is 2. The Morgan fingerprint density at radius 1 is 0.673 bits per heavy atom. The van der Waals surface area contributed by atoms with Crippen molar-refractivity contribution in [2.75, 3.05) is 26.2 Å². The van der Waals surface area contributed by atoms with Crippen LogP contribution in [0.1, 0.15) is 92.2 Å². The number of rotatable bonds is 2. The molecule has 2 saturated carbocycles. The number of aryl methyl sites for hydroxylation is 1. The van der Waals surface area contributed by atoms with E-state index in [1.54, 1.807) is 18.5 Å². The molecule has 4 aliphatic carbocycles. The fourth-order valence-corrected chi connectivity index (χ4v) is 9.54. The first-order chi connectivity index (χ1) is 26.4. The van der Waals surface area contributed by atoms with Crippen LogP contribution < -0.4 is 0 Å². The van der Waals surface area contributed by atoms with Gasteiger partial charge in [-0.3, -0.25) is 14.6 Å². The second-order valence-electron chi connectivity index (χ2n) is 16.3. The van der Waals surface area contributed by atoms with Crippen LogP contribution >= 0.6 is 11.6 Å². The first-order valence-electron chi connectivity index (χ1n) is 19.8. The van der Waals surface area contributed by atoms with E-state index in [1.165, 1.54) is 51.4 Å². The Labute approximate surface area is 330 Å². The van der Waals surface area contributed by atoms with Crippen LogP contribution in [0, 0.1) is 40.4 Å². The predicted molar refractivity (Wildman–Crippen MR) is 213 cm³/mol. The van der Waals surface area contributed by atoms with Gasteiger partial charge >= 0.3 is 21.4 Å². The average Bonchev–Trinajstić information content (AvgIpc) is 3.13. The summed E-state index contributed by atoms with van der Waals surface area (Å²) in [7, 11) is -0.406. The van der Waals surface area contributed by atoms with Crippen LogP contribution in [0.4, 0.5) is 0 Å². The van der Waals surface area contributed by atoms with Crippen molar-refractivity contribution in [1.82, 2.24) is 19.8 Å². The number of carbonyl (C=O) groups excluding carboxylic acids is 2. The first-order valence-corrected chi connectivity index (χ1v) is 20.2. The Balaban J connectivity index is 0.000000139. The minimum Gasteiger partial charge on any atom is -0.453 e. The molecule has 7 aliphatic rings. The van der Waals surface area contributed by atoms with Gasteiger partial charge in [-0.2, -0.15) is 10.5 Å². The number of hydrogen-bond acceptors (Lipinski definition) is 11. The summed E-state index contributed by atoms with van der Waals surface area (Å²) in [6.45, 7) is 11.3. The van der Waals surface area contributed by atoms with Gasteiger partial charge < -0.3 is 23.5 Å². The number of allylic oxidation sites excluding steroid dienone is 2. The Hall–Kier alpha value is -3.94. The van der Waals surface area contributed by atoms with E-state index in [4.69, 9.17) is 25.3 Å². The van der Waals surface area contributed by atoms with E-state index in [9.17, 15) is 20.1 Å². The van der Waals surface area contributed by atoms with Crippen LogP contribution in [0.3, 0.4) is 0 Å². The third-order valence-electron chi connectivity index (χ3n) is 12.8. The molecule has 2 aromatic rings. The maximum Gasteiger partial charge on any atom is 0.426 e. The quantitative estimate of drug-likeness (QED) is 0.236. The summed E-state index contributed by atoms with van der Waals surface area (Å²) >= 11 is 6.07. The third kappa shape index (κ3) is 8.30. The lowest BCUT2D eigenvalue weighted by atomic mass is 9.63. The molecule has 284 valence electrons. The highest BCUT2D eigenvalue weighted by molar-refractivity contribution is 6.72. The molecule has 2 spiro atoms. The van der Waals surface area contributed by atoms with Crippen LogP contribution in [-0.4, -0.2) is 78.9 Å². The molecule has 3 saturated heterocycles. The second-order valence-corrected chi connectivity index (χ2v) is 16.7. The zero-order valence-electron chi connectivity index (χ0n) is 32.5. The summed E-state index contributed by atoms with van der Waals surface area (Å²) in [5, 5.41) is 19.5. The molecule has 15 heteroatoms. The molecule has 0 unspecified atom stereocenters. The predicted octanol–water partition coefficient (Wildman–Crippen LogP) is 6.78. The molecule has 11 nitrogen and oxygen atoms in total. The topological polar surface area (TPSA) is 142 Å². The lowest BCUT2D eigenvalue weighted by Crippen LogP contribution is -2.44. The fourth-order valence-electron chi connectivity index (χ4n) is 9.38. The summed E-state index contributed by atoms with van der Waals surface area (Å²) in [5.74, 6) is -0.173. The number of nitriles is 2. The minimum atomic E-state index is -0.135. The van der Waals surface area contributed by atoms with E-state index in [0.717, 1.165) is 78.4 Å². The molecule has 0 aromatic carbocycles. The largest absolute Gasteiger partial charge is 0.453 e. The van der Waals surface area contributed by atoms with Crippen molar-refractivity contribution in [3.8, 4) is 12.1 Å². The molecule has 5 heterocycles. The van der Waals surface area contributed by atoms with E-state index in [-0.39, 0.29) is 44.9 Å². The summed E-state index contributed by atoms with van der Waals surface area (Å²) < 4.78 is 15.3. The molecule has 2 aromatic heterocycles. The van der Waals surface area contributed by atoms with Gasteiger partial charge in [0.1, 0.15) is 28.4 Å². The van der Waals surface area contributed by atoms with Gasteiger partial charge in [-0.25, -0.2) is 4.98 Å². The maximum absolute atomic E-state index is 12.4. The van der Waals surface area contributed by atoms with Gasteiger partial charge in [0.2, 0.25) is 0 Å². The SMILES string of the molecule is CB1OB(C)OB(C)O1.Cc1cc2c(cn1)CC(=O)C(C#N)=C2N1CCC2(CCC2)CC1.N#CC1=C(N2CCC3(CCC3)CC2)c2cc(Cl)ncc2CC1=O. The molecule has 0 bridgehead atoms. The molecule has 3 aliphatic heterocycles. The third-order valence-corrected chi connectivity index (χ3v) is 13.0. The fraction of sp³-hybridized carbons (Fsp3) is 0.550. The number of hydrogen-bond donors (Lipinski definition) is 0. The zero-order chi connectivity index (χ0) is 38.9. The Morgan fingerprint density at radius 2 is 1.07 bits per heavy atom. The van der Waals surface area contributed by atoms with Crippen LogP contribution in [0.2, 0.25) is 25.6 Å². The summed E-state index contributed by atoms with van der Waals surface area (Å²) in [5.41, 5.74) is 8.05. The van der Waals surface area contributed by atoms with Gasteiger partial charge in [0.15, 0.2) is 11.6 Å². The van der Waals surface area contributed by atoms with Gasteiger partial charge in [0.25, 0.3) is 0 Å². The zero-order valence-corrected chi connectivity index (χ0v) is 33.2. The van der Waals surface area contributed by atoms with Crippen molar-refractivity contribution < 1.29 is 23.3 Å². The number of aromatic nitrogens is 2. The number of pyridine rings is 2. The van der Waals surface area contributed by atoms with Crippen LogP contribution in [0.5, 0.6) is 0 Å². The summed E-state index contributed by atoms with van der Waals surface area (Å²) in [6, 6.07) is 8.14.